The summed E-state index contributed by atoms with van der Waals surface area (Å²) in [6.45, 7) is 3.77. The molecule has 1 amide bonds. The van der Waals surface area contributed by atoms with Gasteiger partial charge in [0, 0.05) is 22.2 Å². The van der Waals surface area contributed by atoms with E-state index in [9.17, 15) is 14.7 Å². The zero-order valence-corrected chi connectivity index (χ0v) is 21.2. The van der Waals surface area contributed by atoms with Crippen molar-refractivity contribution in [2.24, 2.45) is 0 Å². The first-order valence-electron chi connectivity index (χ1n) is 11.4. The highest BCUT2D eigenvalue weighted by Gasteiger charge is 2.46. The summed E-state index contributed by atoms with van der Waals surface area (Å²) in [6, 6.07) is 10.9. The van der Waals surface area contributed by atoms with Gasteiger partial charge in [0.2, 0.25) is 0 Å². The van der Waals surface area contributed by atoms with Crippen LogP contribution in [0, 0.1) is 0 Å². The van der Waals surface area contributed by atoms with Gasteiger partial charge in [0.25, 0.3) is 11.7 Å². The van der Waals surface area contributed by atoms with Gasteiger partial charge in [-0.15, -0.1) is 0 Å². The van der Waals surface area contributed by atoms with E-state index in [4.69, 9.17) is 27.9 Å². The number of unbranched alkanes of at least 4 members (excludes halogenated alkanes) is 1. The molecule has 0 bridgehead atoms. The molecule has 0 aliphatic carbocycles. The topological polar surface area (TPSA) is 70.1 Å². The molecule has 34 heavy (non-hydrogen) atoms. The van der Waals surface area contributed by atoms with Crippen molar-refractivity contribution in [1.82, 2.24) is 9.80 Å². The van der Waals surface area contributed by atoms with Crippen LogP contribution in [-0.4, -0.2) is 60.4 Å². The van der Waals surface area contributed by atoms with Gasteiger partial charge in [0.15, 0.2) is 0 Å². The lowest BCUT2D eigenvalue weighted by Crippen LogP contribution is -2.32. The molecule has 182 valence electrons. The van der Waals surface area contributed by atoms with Crippen molar-refractivity contribution in [2.45, 2.75) is 32.2 Å². The third-order valence-electron chi connectivity index (χ3n) is 5.70. The summed E-state index contributed by atoms with van der Waals surface area (Å²) in [5.74, 6) is -0.964. The molecular formula is C26H30Cl2N2O4. The number of aliphatic hydroxyl groups is 1. The molecule has 3 rings (SSSR count). The Balaban J connectivity index is 2.02. The molecule has 2 aromatic carbocycles. The average molecular weight is 505 g/mol. The largest absolute Gasteiger partial charge is 0.507 e. The van der Waals surface area contributed by atoms with Crippen molar-refractivity contribution in [1.29, 1.82) is 0 Å². The number of benzene rings is 2. The molecule has 2 aromatic rings. The van der Waals surface area contributed by atoms with Crippen molar-refractivity contribution >= 4 is 40.7 Å². The predicted molar refractivity (Wildman–Crippen MR) is 135 cm³/mol. The van der Waals surface area contributed by atoms with E-state index in [0.717, 1.165) is 19.4 Å². The second-order valence-electron chi connectivity index (χ2n) is 8.54. The van der Waals surface area contributed by atoms with Crippen molar-refractivity contribution in [3.05, 3.63) is 69.2 Å². The minimum atomic E-state index is -0.813. The van der Waals surface area contributed by atoms with Crippen molar-refractivity contribution in [3.8, 4) is 5.75 Å². The van der Waals surface area contributed by atoms with Gasteiger partial charge in [0.05, 0.1) is 18.2 Å². The highest BCUT2D eigenvalue weighted by Crippen LogP contribution is 2.42. The zero-order chi connectivity index (χ0) is 24.8. The van der Waals surface area contributed by atoms with Crippen LogP contribution >= 0.6 is 23.2 Å². The van der Waals surface area contributed by atoms with E-state index in [2.05, 4.69) is 6.92 Å². The van der Waals surface area contributed by atoms with Crippen molar-refractivity contribution < 1.29 is 19.4 Å². The van der Waals surface area contributed by atoms with E-state index in [0.29, 0.717) is 46.5 Å². The first kappa shape index (κ1) is 26.1. The number of hydrogen-bond acceptors (Lipinski definition) is 5. The van der Waals surface area contributed by atoms with Gasteiger partial charge in [-0.1, -0.05) is 42.6 Å². The van der Waals surface area contributed by atoms with E-state index in [-0.39, 0.29) is 11.3 Å². The number of rotatable bonds is 10. The number of carbonyl (C=O) groups excluding carboxylic acids is 2. The second kappa shape index (κ2) is 11.7. The lowest BCUT2D eigenvalue weighted by Gasteiger charge is -2.26. The lowest BCUT2D eigenvalue weighted by atomic mass is 9.95. The molecule has 0 aromatic heterocycles. The van der Waals surface area contributed by atoms with Crippen LogP contribution in [0.3, 0.4) is 0 Å². The summed E-state index contributed by atoms with van der Waals surface area (Å²) >= 11 is 12.6. The minimum absolute atomic E-state index is 0.0127. The fourth-order valence-corrected chi connectivity index (χ4v) is 4.43. The standard InChI is InChI=1S/C26H30Cl2N2O4/c1-4-5-15-34-19-10-7-17(8-11-19)24(31)22-23(20-12-9-18(27)16-21(20)28)30(26(33)25(22)32)14-6-13-29(2)3/h7-12,16,23,31H,4-6,13-15H2,1-3H3/b24-22+. The number of aliphatic hydroxyl groups excluding tert-OH is 1. The Kier molecular flexibility index (Phi) is 9.00. The van der Waals surface area contributed by atoms with Gasteiger partial charge in [0.1, 0.15) is 11.5 Å². The number of ketones is 1. The summed E-state index contributed by atoms with van der Waals surface area (Å²) in [7, 11) is 3.88. The van der Waals surface area contributed by atoms with Gasteiger partial charge in [-0.3, -0.25) is 9.59 Å². The molecule has 0 spiro atoms. The van der Waals surface area contributed by atoms with Gasteiger partial charge in [-0.05, 0) is 75.4 Å². The average Bonchev–Trinajstić information content (AvgIpc) is 3.04. The van der Waals surface area contributed by atoms with Crippen molar-refractivity contribution in [2.75, 3.05) is 33.8 Å². The van der Waals surface area contributed by atoms with Gasteiger partial charge in [-0.25, -0.2) is 0 Å². The Hall–Kier alpha value is -2.54. The number of amides is 1. The van der Waals surface area contributed by atoms with Crippen LogP contribution in [0.25, 0.3) is 5.76 Å². The molecule has 6 nitrogen and oxygen atoms in total. The predicted octanol–water partition coefficient (Wildman–Crippen LogP) is 5.55. The first-order valence-corrected chi connectivity index (χ1v) is 12.1. The maximum atomic E-state index is 13.1. The normalized spacial score (nSPS) is 17.6. The maximum Gasteiger partial charge on any atom is 0.295 e. The van der Waals surface area contributed by atoms with Crippen LogP contribution in [0.4, 0.5) is 0 Å². The molecular weight excluding hydrogens is 475 g/mol. The van der Waals surface area contributed by atoms with E-state index in [1.54, 1.807) is 42.5 Å². The molecule has 1 N–H and O–H groups in total. The van der Waals surface area contributed by atoms with E-state index < -0.39 is 17.7 Å². The summed E-state index contributed by atoms with van der Waals surface area (Å²) in [5.41, 5.74) is 0.971. The zero-order valence-electron chi connectivity index (χ0n) is 19.7. The van der Waals surface area contributed by atoms with E-state index in [1.165, 1.54) is 4.90 Å². The molecule has 1 fully saturated rings. The van der Waals surface area contributed by atoms with Crippen LogP contribution in [0.5, 0.6) is 5.75 Å². The molecule has 1 aliphatic rings. The van der Waals surface area contributed by atoms with Gasteiger partial charge < -0.3 is 19.6 Å². The highest BCUT2D eigenvalue weighted by atomic mass is 35.5. The number of ether oxygens (including phenoxy) is 1. The number of nitrogens with zero attached hydrogens (tertiary/aromatic N) is 2. The Morgan fingerprint density at radius 3 is 2.41 bits per heavy atom. The van der Waals surface area contributed by atoms with Crippen molar-refractivity contribution in [3.63, 3.8) is 0 Å². The number of Topliss-reactive ketones (excluding diaryl/α,β-unsaturated/α-hetero) is 1. The van der Waals surface area contributed by atoms with Crippen LogP contribution in [0.2, 0.25) is 10.0 Å². The second-order valence-corrected chi connectivity index (χ2v) is 9.39. The number of likely N-dealkylation sites (tertiary alicyclic amines) is 1. The smallest absolute Gasteiger partial charge is 0.295 e. The first-order chi connectivity index (χ1) is 16.2. The SMILES string of the molecule is CCCCOc1ccc(/C(O)=C2\C(=O)C(=O)N(CCCN(C)C)C2c2ccc(Cl)cc2Cl)cc1. The summed E-state index contributed by atoms with van der Waals surface area (Å²) in [5, 5.41) is 11.9. The summed E-state index contributed by atoms with van der Waals surface area (Å²) in [4.78, 5) is 29.6. The van der Waals surface area contributed by atoms with Crippen LogP contribution in [-0.2, 0) is 9.59 Å². The molecule has 1 heterocycles. The Labute approximate surface area is 210 Å². The van der Waals surface area contributed by atoms with Crippen LogP contribution < -0.4 is 4.74 Å². The number of halogens is 2. The lowest BCUT2D eigenvalue weighted by molar-refractivity contribution is -0.139. The van der Waals surface area contributed by atoms with Crippen LogP contribution in [0.1, 0.15) is 43.4 Å². The van der Waals surface area contributed by atoms with Gasteiger partial charge >= 0.3 is 0 Å². The van der Waals surface area contributed by atoms with Gasteiger partial charge in [-0.2, -0.15) is 0 Å². The third-order valence-corrected chi connectivity index (χ3v) is 6.26. The number of hydrogen-bond donors (Lipinski definition) is 1. The molecule has 1 unspecified atom stereocenters. The Bertz CT molecular complexity index is 1070. The summed E-state index contributed by atoms with van der Waals surface area (Å²) < 4.78 is 5.68. The molecule has 1 saturated heterocycles. The molecule has 1 aliphatic heterocycles. The third kappa shape index (κ3) is 5.93. The van der Waals surface area contributed by atoms with E-state index in [1.807, 2.05) is 19.0 Å². The maximum absolute atomic E-state index is 13.1. The quantitative estimate of drug-likeness (QED) is 0.199. The fourth-order valence-electron chi connectivity index (χ4n) is 3.91. The monoisotopic (exact) mass is 504 g/mol. The Morgan fingerprint density at radius 1 is 1.09 bits per heavy atom. The highest BCUT2D eigenvalue weighted by molar-refractivity contribution is 6.47. The minimum Gasteiger partial charge on any atom is -0.507 e. The van der Waals surface area contributed by atoms with E-state index >= 15 is 0 Å². The Morgan fingerprint density at radius 2 is 1.79 bits per heavy atom. The fraction of sp³-hybridized carbons (Fsp3) is 0.385. The molecule has 0 radical (unpaired) electrons. The molecule has 8 heteroatoms. The number of carbonyl (C=O) groups is 2. The molecule has 0 saturated carbocycles. The molecule has 1 atom stereocenters. The summed E-state index contributed by atoms with van der Waals surface area (Å²) in [6.07, 6.45) is 2.63. The van der Waals surface area contributed by atoms with Crippen LogP contribution in [0.15, 0.2) is 48.0 Å².